The number of nitrogens with zero attached hydrogens (tertiary/aromatic N) is 1. The maximum Gasteiger partial charge on any atom is 0.251 e. The lowest BCUT2D eigenvalue weighted by Gasteiger charge is -2.06. The normalized spacial score (nSPS) is 10.7. The number of rotatable bonds is 7. The summed E-state index contributed by atoms with van der Waals surface area (Å²) >= 11 is 0. The molecule has 0 spiro atoms. The zero-order valence-electron chi connectivity index (χ0n) is 11.2. The largest absolute Gasteiger partial charge is 0.394 e. The predicted octanol–water partition coefficient (Wildman–Crippen LogP) is 1.36. The molecule has 0 saturated heterocycles. The molecule has 1 amide bonds. The Bertz CT molecular complexity index is 572. The molecule has 5 nitrogen and oxygen atoms in total. The van der Waals surface area contributed by atoms with Gasteiger partial charge in [-0.25, -0.2) is 0 Å². The fraction of sp³-hybridized carbons (Fsp3) is 0.333. The van der Waals surface area contributed by atoms with Crippen LogP contribution in [0.2, 0.25) is 0 Å². The van der Waals surface area contributed by atoms with Gasteiger partial charge in [0.15, 0.2) is 0 Å². The Morgan fingerprint density at radius 1 is 1.30 bits per heavy atom. The van der Waals surface area contributed by atoms with Gasteiger partial charge in [-0.15, -0.1) is 0 Å². The summed E-state index contributed by atoms with van der Waals surface area (Å²) in [6.45, 7) is 1.45. The van der Waals surface area contributed by atoms with Crippen molar-refractivity contribution >= 4 is 16.8 Å². The minimum Gasteiger partial charge on any atom is -0.394 e. The lowest BCUT2D eigenvalue weighted by atomic mass is 10.1. The van der Waals surface area contributed by atoms with E-state index < -0.39 is 0 Å². The van der Waals surface area contributed by atoms with Crippen LogP contribution in [-0.4, -0.2) is 42.4 Å². The van der Waals surface area contributed by atoms with Crippen molar-refractivity contribution in [3.05, 3.63) is 42.1 Å². The zero-order valence-corrected chi connectivity index (χ0v) is 11.2. The zero-order chi connectivity index (χ0) is 14.2. The molecule has 1 heterocycles. The average molecular weight is 274 g/mol. The first-order chi connectivity index (χ1) is 9.81. The van der Waals surface area contributed by atoms with E-state index in [-0.39, 0.29) is 12.5 Å². The molecule has 0 bridgehead atoms. The van der Waals surface area contributed by atoms with Gasteiger partial charge in [-0.05, 0) is 30.7 Å². The molecule has 5 heteroatoms. The van der Waals surface area contributed by atoms with E-state index >= 15 is 0 Å². The Hall–Kier alpha value is -1.98. The number of amides is 1. The highest BCUT2D eigenvalue weighted by atomic mass is 16.5. The number of ether oxygens (including phenoxy) is 1. The van der Waals surface area contributed by atoms with Crippen LogP contribution in [0.1, 0.15) is 16.8 Å². The summed E-state index contributed by atoms with van der Waals surface area (Å²) in [5.74, 6) is -0.0992. The fourth-order valence-electron chi connectivity index (χ4n) is 1.86. The van der Waals surface area contributed by atoms with Gasteiger partial charge in [0, 0.05) is 30.3 Å². The smallest absolute Gasteiger partial charge is 0.251 e. The molecule has 2 aromatic rings. The van der Waals surface area contributed by atoms with E-state index in [1.165, 1.54) is 0 Å². The van der Waals surface area contributed by atoms with E-state index in [2.05, 4.69) is 10.3 Å². The van der Waals surface area contributed by atoms with Gasteiger partial charge in [0.05, 0.1) is 18.7 Å². The standard InChI is InChI=1S/C15H18N2O3/c18-8-10-20-9-2-7-17-15(19)13-4-5-14-12(11-13)3-1-6-16-14/h1,3-6,11,18H,2,7-10H2,(H,17,19). The summed E-state index contributed by atoms with van der Waals surface area (Å²) in [6, 6.07) is 9.23. The van der Waals surface area contributed by atoms with Crippen molar-refractivity contribution in [3.63, 3.8) is 0 Å². The first kappa shape index (κ1) is 14.4. The number of aliphatic hydroxyl groups is 1. The number of nitrogens with one attached hydrogen (secondary N) is 1. The minimum absolute atomic E-state index is 0.0253. The van der Waals surface area contributed by atoms with Gasteiger partial charge in [0.25, 0.3) is 5.91 Å². The number of benzene rings is 1. The summed E-state index contributed by atoms with van der Waals surface area (Å²) in [5.41, 5.74) is 1.50. The van der Waals surface area contributed by atoms with Crippen LogP contribution >= 0.6 is 0 Å². The topological polar surface area (TPSA) is 71.5 Å². The molecule has 0 aliphatic carbocycles. The van der Waals surface area contributed by atoms with Crippen LogP contribution in [0, 0.1) is 0 Å². The monoisotopic (exact) mass is 274 g/mol. The first-order valence-electron chi connectivity index (χ1n) is 6.63. The van der Waals surface area contributed by atoms with E-state index in [0.717, 1.165) is 17.3 Å². The number of pyridine rings is 1. The molecule has 20 heavy (non-hydrogen) atoms. The van der Waals surface area contributed by atoms with Crippen molar-refractivity contribution in [2.45, 2.75) is 6.42 Å². The molecular formula is C15H18N2O3. The van der Waals surface area contributed by atoms with Gasteiger partial charge in [-0.3, -0.25) is 9.78 Å². The third-order valence-corrected chi connectivity index (χ3v) is 2.85. The Morgan fingerprint density at radius 2 is 2.20 bits per heavy atom. The van der Waals surface area contributed by atoms with Crippen molar-refractivity contribution in [2.24, 2.45) is 0 Å². The van der Waals surface area contributed by atoms with Crippen LogP contribution in [0.5, 0.6) is 0 Å². The molecule has 0 fully saturated rings. The third kappa shape index (κ3) is 4.01. The summed E-state index contributed by atoms with van der Waals surface area (Å²) in [6.07, 6.45) is 2.45. The molecule has 2 N–H and O–H groups in total. The summed E-state index contributed by atoms with van der Waals surface area (Å²) in [7, 11) is 0. The van der Waals surface area contributed by atoms with Crippen LogP contribution < -0.4 is 5.32 Å². The molecule has 1 aromatic carbocycles. The Kier molecular flexibility index (Phi) is 5.46. The molecule has 0 aliphatic rings. The molecule has 106 valence electrons. The van der Waals surface area contributed by atoms with E-state index in [1.54, 1.807) is 12.3 Å². The van der Waals surface area contributed by atoms with Crippen LogP contribution in [0.3, 0.4) is 0 Å². The number of hydrogen-bond acceptors (Lipinski definition) is 4. The van der Waals surface area contributed by atoms with Gasteiger partial charge in [-0.1, -0.05) is 6.07 Å². The lowest BCUT2D eigenvalue weighted by molar-refractivity contribution is 0.0867. The fourth-order valence-corrected chi connectivity index (χ4v) is 1.86. The van der Waals surface area contributed by atoms with Crippen molar-refractivity contribution < 1.29 is 14.6 Å². The number of carbonyl (C=O) groups excluding carboxylic acids is 1. The molecule has 0 saturated carbocycles. The van der Waals surface area contributed by atoms with Crippen molar-refractivity contribution in [1.29, 1.82) is 0 Å². The molecule has 0 unspecified atom stereocenters. The lowest BCUT2D eigenvalue weighted by Crippen LogP contribution is -2.25. The second-order valence-electron chi connectivity index (χ2n) is 4.36. The predicted molar refractivity (Wildman–Crippen MR) is 76.6 cm³/mol. The Balaban J connectivity index is 1.84. The summed E-state index contributed by atoms with van der Waals surface area (Å²) < 4.78 is 5.12. The third-order valence-electron chi connectivity index (χ3n) is 2.85. The highest BCUT2D eigenvalue weighted by Crippen LogP contribution is 2.13. The second kappa shape index (κ2) is 7.57. The van der Waals surface area contributed by atoms with Crippen molar-refractivity contribution in [1.82, 2.24) is 10.3 Å². The number of aromatic nitrogens is 1. The van der Waals surface area contributed by atoms with Gasteiger partial charge in [-0.2, -0.15) is 0 Å². The molecule has 1 aromatic heterocycles. The quantitative estimate of drug-likeness (QED) is 0.748. The van der Waals surface area contributed by atoms with Gasteiger partial charge < -0.3 is 15.2 Å². The number of carbonyl (C=O) groups is 1. The SMILES string of the molecule is O=C(NCCCOCCO)c1ccc2ncccc2c1. The minimum atomic E-state index is -0.0992. The van der Waals surface area contributed by atoms with Crippen molar-refractivity contribution in [3.8, 4) is 0 Å². The maximum atomic E-state index is 12.0. The van der Waals surface area contributed by atoms with E-state index in [1.807, 2.05) is 24.3 Å². The van der Waals surface area contributed by atoms with Crippen LogP contribution in [0.25, 0.3) is 10.9 Å². The van der Waals surface area contributed by atoms with Crippen LogP contribution in [-0.2, 0) is 4.74 Å². The van der Waals surface area contributed by atoms with Gasteiger partial charge in [0.2, 0.25) is 0 Å². The number of hydrogen-bond donors (Lipinski definition) is 2. The van der Waals surface area contributed by atoms with Crippen molar-refractivity contribution in [2.75, 3.05) is 26.4 Å². The van der Waals surface area contributed by atoms with Crippen LogP contribution in [0.4, 0.5) is 0 Å². The van der Waals surface area contributed by atoms with E-state index in [4.69, 9.17) is 9.84 Å². The van der Waals surface area contributed by atoms with Gasteiger partial charge in [0.1, 0.15) is 0 Å². The number of fused-ring (bicyclic) bond motifs is 1. The molecule has 2 rings (SSSR count). The Labute approximate surface area is 117 Å². The molecule has 0 aliphatic heterocycles. The second-order valence-corrected chi connectivity index (χ2v) is 4.36. The molecule has 0 atom stereocenters. The average Bonchev–Trinajstić information content (AvgIpc) is 2.50. The molecule has 0 radical (unpaired) electrons. The number of aliphatic hydroxyl groups excluding tert-OH is 1. The van der Waals surface area contributed by atoms with Gasteiger partial charge >= 0.3 is 0 Å². The Morgan fingerprint density at radius 3 is 3.05 bits per heavy atom. The summed E-state index contributed by atoms with van der Waals surface area (Å²) in [5, 5.41) is 12.3. The van der Waals surface area contributed by atoms with E-state index in [0.29, 0.717) is 25.3 Å². The highest BCUT2D eigenvalue weighted by molar-refractivity contribution is 5.97. The van der Waals surface area contributed by atoms with Crippen LogP contribution in [0.15, 0.2) is 36.5 Å². The summed E-state index contributed by atoms with van der Waals surface area (Å²) in [4.78, 5) is 16.2. The van der Waals surface area contributed by atoms with E-state index in [9.17, 15) is 4.79 Å². The molecular weight excluding hydrogens is 256 g/mol. The highest BCUT2D eigenvalue weighted by Gasteiger charge is 2.05. The first-order valence-corrected chi connectivity index (χ1v) is 6.63. The maximum absolute atomic E-state index is 12.0.